The van der Waals surface area contributed by atoms with E-state index in [0.717, 1.165) is 0 Å². The Hall–Kier alpha value is -0.117. The fourth-order valence-corrected chi connectivity index (χ4v) is 0.279. The Kier molecular flexibility index (Phi) is 5.75. The molecule has 0 aromatic carbocycles. The minimum atomic E-state index is -4.91. The van der Waals surface area contributed by atoms with Gasteiger partial charge in [-0.2, -0.15) is 13.2 Å². The molecule has 0 saturated carbocycles. The monoisotopic (exact) mass is 243 g/mol. The van der Waals surface area contributed by atoms with Crippen LogP contribution in [0.5, 0.6) is 0 Å². The van der Waals surface area contributed by atoms with Gasteiger partial charge >= 0.3 is 6.18 Å². The van der Waals surface area contributed by atoms with Gasteiger partial charge in [0.1, 0.15) is 0 Å². The van der Waals surface area contributed by atoms with E-state index in [1.54, 1.807) is 0 Å². The molecule has 6 heteroatoms. The number of halogens is 3. The molecule has 2 nitrogen and oxygen atoms in total. The van der Waals surface area contributed by atoms with E-state index >= 15 is 0 Å². The fraction of sp³-hybridized carbons (Fsp3) is 0.400. The summed E-state index contributed by atoms with van der Waals surface area (Å²) in [4.78, 5) is 19.8. The third-order valence-electron chi connectivity index (χ3n) is 0.674. The van der Waals surface area contributed by atoms with E-state index in [4.69, 9.17) is 0 Å². The second-order valence-corrected chi connectivity index (χ2v) is 1.64. The van der Waals surface area contributed by atoms with Crippen LogP contribution in [-0.4, -0.2) is 17.7 Å². The van der Waals surface area contributed by atoms with Gasteiger partial charge in [0.25, 0.3) is 0 Å². The maximum absolute atomic E-state index is 11.3. The number of carbonyl (C=O) groups excluding carboxylic acids is 2. The first-order valence-electron chi connectivity index (χ1n) is 2.29. The van der Waals surface area contributed by atoms with Crippen LogP contribution in [0.4, 0.5) is 13.2 Å². The molecule has 0 amide bonds. The third-order valence-corrected chi connectivity index (χ3v) is 0.674. The van der Waals surface area contributed by atoms with Crippen molar-refractivity contribution < 1.29 is 49.0 Å². The molecule has 0 N–H and O–H groups in total. The fourth-order valence-electron chi connectivity index (χ4n) is 0.279. The van der Waals surface area contributed by atoms with Gasteiger partial charge in [-0.15, -0.1) is 0 Å². The Morgan fingerprint density at radius 3 is 1.73 bits per heavy atom. The second kappa shape index (κ2) is 4.70. The van der Waals surface area contributed by atoms with Gasteiger partial charge in [0.15, 0.2) is 0 Å². The van der Waals surface area contributed by atoms with E-state index in [1.165, 1.54) is 0 Å². The Bertz CT molecular complexity index is 164. The number of Topliss-reactive ketones (excluding diaryl/α,β-unsaturated/α-hetero) is 2. The minimum absolute atomic E-state index is 0. The maximum atomic E-state index is 11.3. The van der Waals surface area contributed by atoms with Crippen molar-refractivity contribution in [3.8, 4) is 0 Å². The molecular weight excluding hydrogens is 240 g/mol. The molecule has 0 aliphatic heterocycles. The van der Waals surface area contributed by atoms with Gasteiger partial charge in [-0.05, 0) is 0 Å². The molecule has 0 atom stereocenters. The Morgan fingerprint density at radius 2 is 1.64 bits per heavy atom. The second-order valence-electron chi connectivity index (χ2n) is 1.64. The predicted molar refractivity (Wildman–Crippen MR) is 26.0 cm³/mol. The minimum Gasteiger partial charge on any atom is -0.339 e. The van der Waals surface area contributed by atoms with E-state index in [9.17, 15) is 22.8 Å². The number of carbonyl (C=O) groups is 2. The molecule has 0 aromatic heterocycles. The molecule has 0 aromatic rings. The van der Waals surface area contributed by atoms with Crippen LogP contribution in [0.1, 0.15) is 6.42 Å². The molecule has 0 saturated heterocycles. The SMILES string of the molecule is [CH2-]C(=O)CC(=O)C(F)(F)F.[Zr]. The van der Waals surface area contributed by atoms with Crippen molar-refractivity contribution >= 4 is 11.6 Å². The van der Waals surface area contributed by atoms with Crippen LogP contribution in [0, 0.1) is 6.92 Å². The van der Waals surface area contributed by atoms with Gasteiger partial charge in [0.2, 0.25) is 5.78 Å². The number of hydrogen-bond acceptors (Lipinski definition) is 2. The molecule has 0 fully saturated rings. The summed E-state index contributed by atoms with van der Waals surface area (Å²) in [5, 5.41) is 0. The van der Waals surface area contributed by atoms with Crippen molar-refractivity contribution in [3.63, 3.8) is 0 Å². The summed E-state index contributed by atoms with van der Waals surface area (Å²) < 4.78 is 33.8. The number of ketones is 2. The van der Waals surface area contributed by atoms with E-state index < -0.39 is 24.2 Å². The summed E-state index contributed by atoms with van der Waals surface area (Å²) in [5.74, 6) is -3.07. The molecule has 0 unspecified atom stereocenters. The van der Waals surface area contributed by atoms with Crippen LogP contribution < -0.4 is 0 Å². The number of alkyl halides is 3. The van der Waals surface area contributed by atoms with Gasteiger partial charge in [-0.25, -0.2) is 0 Å². The smallest absolute Gasteiger partial charge is 0.339 e. The summed E-state index contributed by atoms with van der Waals surface area (Å²) in [6.07, 6.45) is -6.07. The molecule has 11 heavy (non-hydrogen) atoms. The first-order chi connectivity index (χ1) is 4.34. The van der Waals surface area contributed by atoms with Gasteiger partial charge in [0.05, 0.1) is 0 Å². The third kappa shape index (κ3) is 6.29. The summed E-state index contributed by atoms with van der Waals surface area (Å²) >= 11 is 0. The standard InChI is InChI=1S/C5H4F3O2.Zr/c1-3(9)2-4(10)5(6,7)8;/h1-2H2;/q-1;. The van der Waals surface area contributed by atoms with Crippen molar-refractivity contribution in [2.24, 2.45) is 0 Å². The van der Waals surface area contributed by atoms with E-state index in [1.807, 2.05) is 0 Å². The normalized spacial score (nSPS) is 10.1. The van der Waals surface area contributed by atoms with Gasteiger partial charge in [-0.3, -0.25) is 4.79 Å². The Morgan fingerprint density at radius 1 is 1.27 bits per heavy atom. The van der Waals surface area contributed by atoms with Gasteiger partial charge in [-0.1, -0.05) is 0 Å². The average molecular weight is 244 g/mol. The molecule has 0 aliphatic carbocycles. The predicted octanol–water partition coefficient (Wildman–Crippen LogP) is 0.909. The molecule has 0 bridgehead atoms. The van der Waals surface area contributed by atoms with E-state index in [2.05, 4.69) is 6.92 Å². The zero-order chi connectivity index (χ0) is 8.36. The average Bonchev–Trinajstić information content (AvgIpc) is 1.60. The van der Waals surface area contributed by atoms with E-state index in [0.29, 0.717) is 0 Å². The molecule has 0 rings (SSSR count). The molecule has 0 heterocycles. The molecule has 0 spiro atoms. The molecular formula is C5H4F3O2Zr-. The maximum Gasteiger partial charge on any atom is 0.450 e. The van der Waals surface area contributed by atoms with Crippen LogP contribution in [0.15, 0.2) is 0 Å². The first-order valence-corrected chi connectivity index (χ1v) is 2.29. The largest absolute Gasteiger partial charge is 0.450 e. The Balaban J connectivity index is 0. The molecule has 62 valence electrons. The Labute approximate surface area is 80.3 Å². The van der Waals surface area contributed by atoms with Crippen molar-refractivity contribution in [1.82, 2.24) is 0 Å². The molecule has 0 aliphatic rings. The van der Waals surface area contributed by atoms with Crippen molar-refractivity contribution in [3.05, 3.63) is 6.92 Å². The topological polar surface area (TPSA) is 34.1 Å². The van der Waals surface area contributed by atoms with Crippen molar-refractivity contribution in [1.29, 1.82) is 0 Å². The van der Waals surface area contributed by atoms with Crippen molar-refractivity contribution in [2.45, 2.75) is 12.6 Å². The van der Waals surface area contributed by atoms with Crippen LogP contribution in [0.2, 0.25) is 0 Å². The summed E-state index contributed by atoms with van der Waals surface area (Å²) in [7, 11) is 0. The summed E-state index contributed by atoms with van der Waals surface area (Å²) in [6.45, 7) is 2.63. The summed E-state index contributed by atoms with van der Waals surface area (Å²) in [6, 6.07) is 0. The van der Waals surface area contributed by atoms with Gasteiger partial charge < -0.3 is 11.7 Å². The van der Waals surface area contributed by atoms with E-state index in [-0.39, 0.29) is 26.2 Å². The van der Waals surface area contributed by atoms with Crippen LogP contribution in [0.3, 0.4) is 0 Å². The van der Waals surface area contributed by atoms with Crippen LogP contribution in [-0.2, 0) is 35.8 Å². The summed E-state index contributed by atoms with van der Waals surface area (Å²) in [5.41, 5.74) is 0. The quantitative estimate of drug-likeness (QED) is 0.534. The molecule has 0 radical (unpaired) electrons. The van der Waals surface area contributed by atoms with Crippen LogP contribution >= 0.6 is 0 Å². The zero-order valence-electron chi connectivity index (χ0n) is 5.36. The number of hydrogen-bond donors (Lipinski definition) is 0. The van der Waals surface area contributed by atoms with Gasteiger partial charge in [0, 0.05) is 38.4 Å². The number of rotatable bonds is 2. The zero-order valence-corrected chi connectivity index (χ0v) is 7.82. The first kappa shape index (κ1) is 13.5. The van der Waals surface area contributed by atoms with Crippen molar-refractivity contribution in [2.75, 3.05) is 0 Å². The van der Waals surface area contributed by atoms with Crippen LogP contribution in [0.25, 0.3) is 0 Å².